The van der Waals surface area contributed by atoms with Crippen LogP contribution >= 0.6 is 0 Å². The zero-order valence-corrected chi connectivity index (χ0v) is 18.9. The lowest BCUT2D eigenvalue weighted by Gasteiger charge is -2.43. The highest BCUT2D eigenvalue weighted by atomic mass is 16.6. The van der Waals surface area contributed by atoms with Gasteiger partial charge in [-0.25, -0.2) is 4.79 Å². The third-order valence-electron chi connectivity index (χ3n) is 6.31. The Morgan fingerprint density at radius 2 is 1.39 bits per heavy atom. The summed E-state index contributed by atoms with van der Waals surface area (Å²) in [5.41, 5.74) is -1.73. The summed E-state index contributed by atoms with van der Waals surface area (Å²) in [6, 6.07) is 0. The van der Waals surface area contributed by atoms with Gasteiger partial charge in [0.25, 0.3) is 5.91 Å². The number of ether oxygens (including phenoxy) is 1. The Balaban J connectivity index is 1.95. The van der Waals surface area contributed by atoms with Gasteiger partial charge in [0, 0.05) is 13.1 Å². The summed E-state index contributed by atoms with van der Waals surface area (Å²) >= 11 is 0. The molecule has 7 nitrogen and oxygen atoms in total. The fourth-order valence-electron chi connectivity index (χ4n) is 4.24. The zero-order valence-electron chi connectivity index (χ0n) is 18.9. The van der Waals surface area contributed by atoms with Crippen LogP contribution < -0.4 is 5.32 Å². The Morgan fingerprint density at radius 1 is 0.929 bits per heavy atom. The van der Waals surface area contributed by atoms with Crippen LogP contribution in [-0.4, -0.2) is 85.3 Å². The van der Waals surface area contributed by atoms with Gasteiger partial charge < -0.3 is 14.5 Å². The van der Waals surface area contributed by atoms with Gasteiger partial charge in [0.15, 0.2) is 5.66 Å². The topological polar surface area (TPSA) is 65.1 Å². The zero-order chi connectivity index (χ0) is 21.1. The van der Waals surface area contributed by atoms with Gasteiger partial charge in [0.05, 0.1) is 0 Å². The summed E-state index contributed by atoms with van der Waals surface area (Å²) in [5, 5.41) is 2.79. The number of piperidine rings is 2. The van der Waals surface area contributed by atoms with Crippen LogP contribution in [-0.2, 0) is 9.53 Å². The summed E-state index contributed by atoms with van der Waals surface area (Å²) in [6.45, 7) is 11.1. The van der Waals surface area contributed by atoms with E-state index in [-0.39, 0.29) is 5.91 Å². The molecule has 0 aliphatic carbocycles. The Labute approximate surface area is 170 Å². The van der Waals surface area contributed by atoms with Crippen LogP contribution in [0.2, 0.25) is 0 Å². The average Bonchev–Trinajstić information content (AvgIpc) is 2.60. The van der Waals surface area contributed by atoms with E-state index in [1.807, 2.05) is 25.7 Å². The molecule has 0 aromatic rings. The quantitative estimate of drug-likeness (QED) is 0.739. The minimum atomic E-state index is -1.12. The molecule has 0 aromatic carbocycles. The first-order chi connectivity index (χ1) is 12.9. The summed E-state index contributed by atoms with van der Waals surface area (Å²) in [4.78, 5) is 31.7. The first-order valence-corrected chi connectivity index (χ1v) is 10.6. The van der Waals surface area contributed by atoms with E-state index in [1.165, 1.54) is 25.9 Å². The van der Waals surface area contributed by atoms with Gasteiger partial charge in [-0.1, -0.05) is 0 Å². The predicted octanol–water partition coefficient (Wildman–Crippen LogP) is 2.37. The molecule has 0 radical (unpaired) electrons. The van der Waals surface area contributed by atoms with Crippen molar-refractivity contribution in [3.05, 3.63) is 0 Å². The molecule has 28 heavy (non-hydrogen) atoms. The van der Waals surface area contributed by atoms with Gasteiger partial charge in [-0.15, -0.1) is 0 Å². The number of carbonyl (C=O) groups is 2. The predicted molar refractivity (Wildman–Crippen MR) is 111 cm³/mol. The van der Waals surface area contributed by atoms with Crippen LogP contribution in [0.5, 0.6) is 0 Å². The van der Waals surface area contributed by atoms with E-state index >= 15 is 0 Å². The maximum atomic E-state index is 13.3. The molecule has 1 atom stereocenters. The molecule has 0 bridgehead atoms. The highest BCUT2D eigenvalue weighted by Crippen LogP contribution is 2.32. The van der Waals surface area contributed by atoms with Gasteiger partial charge in [0.2, 0.25) is 0 Å². The Morgan fingerprint density at radius 3 is 1.82 bits per heavy atom. The van der Waals surface area contributed by atoms with Crippen molar-refractivity contribution < 1.29 is 14.3 Å². The second-order valence-corrected chi connectivity index (χ2v) is 9.86. The molecule has 7 heteroatoms. The number of nitrogens with zero attached hydrogens (tertiary/aromatic N) is 3. The van der Waals surface area contributed by atoms with Crippen LogP contribution in [0.4, 0.5) is 4.79 Å². The molecule has 2 aliphatic rings. The van der Waals surface area contributed by atoms with Gasteiger partial charge in [0.1, 0.15) is 5.60 Å². The summed E-state index contributed by atoms with van der Waals surface area (Å²) in [6.07, 6.45) is 4.07. The van der Waals surface area contributed by atoms with E-state index in [1.54, 1.807) is 25.9 Å². The summed E-state index contributed by atoms with van der Waals surface area (Å²) in [7, 11) is 5.80. The number of amides is 2. The van der Waals surface area contributed by atoms with E-state index in [4.69, 9.17) is 4.74 Å². The number of rotatable bonds is 4. The molecular formula is C21H40N4O3. The normalized spacial score (nSPS) is 22.8. The fourth-order valence-corrected chi connectivity index (χ4v) is 4.24. The minimum absolute atomic E-state index is 0.0646. The highest BCUT2D eigenvalue weighted by Gasteiger charge is 2.43. The fraction of sp³-hybridized carbons (Fsp3) is 0.905. The Bertz CT molecular complexity index is 544. The number of nitrogens with one attached hydrogen (secondary N) is 1. The van der Waals surface area contributed by atoms with Gasteiger partial charge in [-0.3, -0.25) is 15.0 Å². The number of likely N-dealkylation sites (tertiary alicyclic amines) is 2. The molecule has 2 aliphatic heterocycles. The van der Waals surface area contributed by atoms with Crippen LogP contribution in [0.3, 0.4) is 0 Å². The molecule has 2 fully saturated rings. The molecule has 0 aromatic heterocycles. The molecule has 1 N–H and O–H groups in total. The van der Waals surface area contributed by atoms with Gasteiger partial charge in [-0.2, -0.15) is 0 Å². The third-order valence-corrected chi connectivity index (χ3v) is 6.31. The van der Waals surface area contributed by atoms with Crippen molar-refractivity contribution in [1.82, 2.24) is 20.0 Å². The number of hydrogen-bond acceptors (Lipinski definition) is 5. The number of carbonyl (C=O) groups excluding carboxylic acids is 2. The van der Waals surface area contributed by atoms with Gasteiger partial charge >= 0.3 is 6.09 Å². The van der Waals surface area contributed by atoms with Crippen LogP contribution in [0.15, 0.2) is 0 Å². The van der Waals surface area contributed by atoms with Crippen molar-refractivity contribution in [3.8, 4) is 0 Å². The minimum Gasteiger partial charge on any atom is -0.444 e. The highest BCUT2D eigenvalue weighted by molar-refractivity contribution is 5.89. The van der Waals surface area contributed by atoms with Crippen molar-refractivity contribution in [1.29, 1.82) is 0 Å². The molecule has 162 valence electrons. The average molecular weight is 397 g/mol. The molecular weight excluding hydrogens is 356 g/mol. The lowest BCUT2D eigenvalue weighted by Crippen LogP contribution is -2.66. The largest absolute Gasteiger partial charge is 0.444 e. The molecule has 0 saturated carbocycles. The number of hydrogen-bond donors (Lipinski definition) is 1. The first kappa shape index (κ1) is 22.9. The monoisotopic (exact) mass is 396 g/mol. The molecule has 2 saturated heterocycles. The smallest absolute Gasteiger partial charge is 0.409 e. The maximum Gasteiger partial charge on any atom is 0.409 e. The van der Waals surface area contributed by atoms with E-state index in [2.05, 4.69) is 17.3 Å². The Hall–Kier alpha value is -1.34. The SMILES string of the molecule is CN1CCC(C2CCN(C(=O)[C@](C)(NC(=O)OC(C)(C)C)N(C)C)CC2)CC1. The van der Waals surface area contributed by atoms with Crippen LogP contribution in [0.1, 0.15) is 53.4 Å². The lowest BCUT2D eigenvalue weighted by atomic mass is 9.78. The van der Waals surface area contributed by atoms with Crippen molar-refractivity contribution in [2.45, 2.75) is 64.6 Å². The molecule has 2 amide bonds. The van der Waals surface area contributed by atoms with E-state index in [0.717, 1.165) is 31.8 Å². The molecule has 2 rings (SSSR count). The van der Waals surface area contributed by atoms with Crippen molar-refractivity contribution in [2.75, 3.05) is 47.3 Å². The second kappa shape index (κ2) is 8.99. The number of likely N-dealkylation sites (N-methyl/N-ethyl adjacent to an activating group) is 1. The second-order valence-electron chi connectivity index (χ2n) is 9.86. The molecule has 0 spiro atoms. The van der Waals surface area contributed by atoms with Crippen molar-refractivity contribution in [3.63, 3.8) is 0 Å². The standard InChI is InChI=1S/C21H40N4O3/c1-20(2,3)28-19(27)22-21(4,23(5)6)18(26)25-14-10-17(11-15-25)16-8-12-24(7)13-9-16/h16-17H,8-15H2,1-7H3,(H,22,27)/t21-/m1/s1. The molecule has 0 unspecified atom stereocenters. The third kappa shape index (κ3) is 5.83. The van der Waals surface area contributed by atoms with Gasteiger partial charge in [-0.05, 0) is 99.4 Å². The Kier molecular flexibility index (Phi) is 7.37. The van der Waals surface area contributed by atoms with E-state index in [0.29, 0.717) is 5.92 Å². The molecule has 2 heterocycles. The summed E-state index contributed by atoms with van der Waals surface area (Å²) < 4.78 is 5.37. The number of alkyl carbamates (subject to hydrolysis) is 1. The summed E-state index contributed by atoms with van der Waals surface area (Å²) in [5.74, 6) is 1.43. The van der Waals surface area contributed by atoms with Crippen LogP contribution in [0.25, 0.3) is 0 Å². The first-order valence-electron chi connectivity index (χ1n) is 10.6. The van der Waals surface area contributed by atoms with Crippen LogP contribution in [0, 0.1) is 11.8 Å². The van der Waals surface area contributed by atoms with Crippen molar-refractivity contribution >= 4 is 12.0 Å². The van der Waals surface area contributed by atoms with Crippen molar-refractivity contribution in [2.24, 2.45) is 11.8 Å². The maximum absolute atomic E-state index is 13.3. The lowest BCUT2D eigenvalue weighted by molar-refractivity contribution is -0.146. The van der Waals surface area contributed by atoms with E-state index in [9.17, 15) is 9.59 Å². The van der Waals surface area contributed by atoms with E-state index < -0.39 is 17.4 Å².